The Balaban J connectivity index is 1.90. The third-order valence-electron chi connectivity index (χ3n) is 3.95. The molecule has 1 aliphatic heterocycles. The average Bonchev–Trinajstić information content (AvgIpc) is 2.88. The van der Waals surface area contributed by atoms with Gasteiger partial charge in [-0.15, -0.1) is 0 Å². The lowest BCUT2D eigenvalue weighted by atomic mass is 10.2. The van der Waals surface area contributed by atoms with Gasteiger partial charge in [0.05, 0.1) is 16.4 Å². The molecular formula is C15H23N5O4S. The summed E-state index contributed by atoms with van der Waals surface area (Å²) in [6, 6.07) is 4.91. The second-order valence-corrected chi connectivity index (χ2v) is 7.56. The normalized spacial score (nSPS) is 16.5. The van der Waals surface area contributed by atoms with Crippen LogP contribution in [0.2, 0.25) is 0 Å². The van der Waals surface area contributed by atoms with Crippen LogP contribution in [0, 0.1) is 10.1 Å². The smallest absolute Gasteiger partial charge is 0.270 e. The standard InChI is InChI=1S/C15H23N5O4S/c16-15(19-10-3-1-2-4-11-19)17-8-9-18-25(23,24)14-7-5-6-13(12-14)20(21)22/h5-7,12,18H,1-4,8-11H2,(H2,16,17). The lowest BCUT2D eigenvalue weighted by Gasteiger charge is -2.21. The van der Waals surface area contributed by atoms with Crippen molar-refractivity contribution in [2.75, 3.05) is 26.2 Å². The molecule has 0 unspecified atom stereocenters. The maximum absolute atomic E-state index is 12.2. The predicted molar refractivity (Wildman–Crippen MR) is 94.8 cm³/mol. The van der Waals surface area contributed by atoms with Gasteiger partial charge in [0.25, 0.3) is 5.69 Å². The van der Waals surface area contributed by atoms with Crippen molar-refractivity contribution in [3.05, 3.63) is 34.4 Å². The highest BCUT2D eigenvalue weighted by Crippen LogP contribution is 2.16. The summed E-state index contributed by atoms with van der Waals surface area (Å²) >= 11 is 0. The predicted octanol–water partition coefficient (Wildman–Crippen LogP) is 1.06. The van der Waals surface area contributed by atoms with Gasteiger partial charge in [0.1, 0.15) is 0 Å². The maximum Gasteiger partial charge on any atom is 0.270 e. The number of sulfonamides is 1. The zero-order valence-corrected chi connectivity index (χ0v) is 14.7. The Labute approximate surface area is 147 Å². The van der Waals surface area contributed by atoms with E-state index in [9.17, 15) is 18.5 Å². The van der Waals surface area contributed by atoms with Gasteiger partial charge >= 0.3 is 0 Å². The number of rotatable bonds is 6. The van der Waals surface area contributed by atoms with E-state index in [1.807, 2.05) is 4.90 Å². The van der Waals surface area contributed by atoms with E-state index in [1.165, 1.54) is 31.0 Å². The first kappa shape index (κ1) is 19.1. The minimum absolute atomic E-state index is 0.0690. The molecule has 138 valence electrons. The second kappa shape index (κ2) is 8.77. The molecule has 1 fully saturated rings. The molecule has 0 bridgehead atoms. The van der Waals surface area contributed by atoms with Crippen molar-refractivity contribution in [2.45, 2.75) is 30.6 Å². The Morgan fingerprint density at radius 2 is 1.96 bits per heavy atom. The summed E-state index contributed by atoms with van der Waals surface area (Å²) in [7, 11) is -3.82. The van der Waals surface area contributed by atoms with Crippen LogP contribution in [-0.2, 0) is 10.0 Å². The highest BCUT2D eigenvalue weighted by Gasteiger charge is 2.17. The lowest BCUT2D eigenvalue weighted by Crippen LogP contribution is -2.38. The van der Waals surface area contributed by atoms with Gasteiger partial charge in [0, 0.05) is 31.8 Å². The van der Waals surface area contributed by atoms with Gasteiger partial charge in [-0.1, -0.05) is 18.9 Å². The molecule has 1 aromatic rings. The molecule has 1 heterocycles. The van der Waals surface area contributed by atoms with Gasteiger partial charge < -0.3 is 10.6 Å². The van der Waals surface area contributed by atoms with Gasteiger partial charge in [0.2, 0.25) is 10.0 Å². The number of likely N-dealkylation sites (tertiary alicyclic amines) is 1. The fourth-order valence-electron chi connectivity index (χ4n) is 2.60. The van der Waals surface area contributed by atoms with E-state index < -0.39 is 14.9 Å². The van der Waals surface area contributed by atoms with E-state index in [-0.39, 0.29) is 23.7 Å². The molecule has 25 heavy (non-hydrogen) atoms. The van der Waals surface area contributed by atoms with Crippen molar-refractivity contribution >= 4 is 21.7 Å². The van der Waals surface area contributed by atoms with Crippen LogP contribution in [0.3, 0.4) is 0 Å². The highest BCUT2D eigenvalue weighted by atomic mass is 32.2. The Kier molecular flexibility index (Phi) is 6.71. The van der Waals surface area contributed by atoms with E-state index in [0.717, 1.165) is 32.0 Å². The van der Waals surface area contributed by atoms with Gasteiger partial charge in [-0.25, -0.2) is 13.1 Å². The number of hydrogen-bond acceptors (Lipinski definition) is 5. The Morgan fingerprint density at radius 1 is 1.28 bits per heavy atom. The molecule has 0 spiro atoms. The molecule has 1 saturated heterocycles. The molecule has 2 rings (SSSR count). The summed E-state index contributed by atoms with van der Waals surface area (Å²) in [5.41, 5.74) is 5.68. The molecule has 0 radical (unpaired) electrons. The molecule has 0 aliphatic carbocycles. The van der Waals surface area contributed by atoms with Gasteiger partial charge in [0.15, 0.2) is 5.96 Å². The molecule has 1 aliphatic rings. The SMILES string of the molecule is NC(=NCCNS(=O)(=O)c1cccc([N+](=O)[O-])c1)N1CCCCCC1. The van der Waals surface area contributed by atoms with Crippen molar-refractivity contribution < 1.29 is 13.3 Å². The Morgan fingerprint density at radius 3 is 2.60 bits per heavy atom. The summed E-state index contributed by atoms with van der Waals surface area (Å²) in [5, 5.41) is 10.7. The molecule has 3 N–H and O–H groups in total. The zero-order chi connectivity index (χ0) is 18.3. The van der Waals surface area contributed by atoms with E-state index in [4.69, 9.17) is 5.73 Å². The molecule has 9 nitrogen and oxygen atoms in total. The van der Waals surface area contributed by atoms with Crippen LogP contribution in [0.5, 0.6) is 0 Å². The number of nitro groups is 1. The Bertz CT molecular complexity index is 727. The third-order valence-corrected chi connectivity index (χ3v) is 5.41. The van der Waals surface area contributed by atoms with Gasteiger partial charge in [-0.05, 0) is 18.9 Å². The number of nitrogens with one attached hydrogen (secondary N) is 1. The van der Waals surface area contributed by atoms with Gasteiger partial charge in [-0.3, -0.25) is 15.1 Å². The highest BCUT2D eigenvalue weighted by molar-refractivity contribution is 7.89. The molecule has 0 aromatic heterocycles. The largest absolute Gasteiger partial charge is 0.370 e. The molecule has 0 saturated carbocycles. The molecule has 10 heteroatoms. The summed E-state index contributed by atoms with van der Waals surface area (Å²) in [6.07, 6.45) is 4.53. The summed E-state index contributed by atoms with van der Waals surface area (Å²) < 4.78 is 26.7. The minimum atomic E-state index is -3.82. The van der Waals surface area contributed by atoms with Crippen LogP contribution >= 0.6 is 0 Å². The zero-order valence-electron chi connectivity index (χ0n) is 13.9. The van der Waals surface area contributed by atoms with Crippen LogP contribution in [0.25, 0.3) is 0 Å². The van der Waals surface area contributed by atoms with E-state index >= 15 is 0 Å². The number of aliphatic imine (C=N–C) groups is 1. The number of non-ortho nitro benzene ring substituents is 1. The third kappa shape index (κ3) is 5.68. The topological polar surface area (TPSA) is 131 Å². The summed E-state index contributed by atoms with van der Waals surface area (Å²) in [5.74, 6) is 0.427. The van der Waals surface area contributed by atoms with Crippen molar-refractivity contribution in [3.8, 4) is 0 Å². The number of nitro benzene ring substituents is 1. The van der Waals surface area contributed by atoms with Crippen LogP contribution in [0.4, 0.5) is 5.69 Å². The maximum atomic E-state index is 12.2. The quantitative estimate of drug-likeness (QED) is 0.253. The molecule has 0 atom stereocenters. The molecule has 0 amide bonds. The monoisotopic (exact) mass is 369 g/mol. The summed E-state index contributed by atoms with van der Waals surface area (Å²) in [6.45, 7) is 2.01. The van der Waals surface area contributed by atoms with E-state index in [0.29, 0.717) is 5.96 Å². The number of benzene rings is 1. The number of guanidine groups is 1. The van der Waals surface area contributed by atoms with E-state index in [2.05, 4.69) is 9.71 Å². The summed E-state index contributed by atoms with van der Waals surface area (Å²) in [4.78, 5) is 16.2. The van der Waals surface area contributed by atoms with Crippen molar-refractivity contribution in [3.63, 3.8) is 0 Å². The first-order valence-corrected chi connectivity index (χ1v) is 9.67. The first-order valence-electron chi connectivity index (χ1n) is 8.19. The van der Waals surface area contributed by atoms with Crippen LogP contribution < -0.4 is 10.5 Å². The number of nitrogens with zero attached hydrogens (tertiary/aromatic N) is 3. The lowest BCUT2D eigenvalue weighted by molar-refractivity contribution is -0.385. The van der Waals surface area contributed by atoms with Gasteiger partial charge in [-0.2, -0.15) is 0 Å². The fourth-order valence-corrected chi connectivity index (χ4v) is 3.66. The number of nitrogens with two attached hydrogens (primary N) is 1. The van der Waals surface area contributed by atoms with Crippen molar-refractivity contribution in [1.29, 1.82) is 0 Å². The minimum Gasteiger partial charge on any atom is -0.370 e. The Hall–Kier alpha value is -2.20. The molecule has 1 aromatic carbocycles. The number of hydrogen-bond donors (Lipinski definition) is 2. The molecular weight excluding hydrogens is 346 g/mol. The fraction of sp³-hybridized carbons (Fsp3) is 0.533. The van der Waals surface area contributed by atoms with Crippen molar-refractivity contribution in [1.82, 2.24) is 9.62 Å². The van der Waals surface area contributed by atoms with Crippen molar-refractivity contribution in [2.24, 2.45) is 10.7 Å². The van der Waals surface area contributed by atoms with Crippen LogP contribution in [-0.4, -0.2) is 50.4 Å². The van der Waals surface area contributed by atoms with Crippen LogP contribution in [0.1, 0.15) is 25.7 Å². The van der Waals surface area contributed by atoms with Crippen LogP contribution in [0.15, 0.2) is 34.2 Å². The first-order chi connectivity index (χ1) is 11.9. The average molecular weight is 369 g/mol. The van der Waals surface area contributed by atoms with E-state index in [1.54, 1.807) is 0 Å². The second-order valence-electron chi connectivity index (χ2n) is 5.79.